The van der Waals surface area contributed by atoms with Crippen LogP contribution >= 0.6 is 11.6 Å². The number of nitrogens with zero attached hydrogens (tertiary/aromatic N) is 5. The van der Waals surface area contributed by atoms with E-state index in [1.54, 1.807) is 13.8 Å². The number of esters is 1. The van der Waals surface area contributed by atoms with Crippen LogP contribution in [0.2, 0.25) is 5.02 Å². The minimum atomic E-state index is -0.588. The fourth-order valence-electron chi connectivity index (χ4n) is 3.98. The summed E-state index contributed by atoms with van der Waals surface area (Å²) in [4.78, 5) is 29.8. The van der Waals surface area contributed by atoms with E-state index in [0.29, 0.717) is 24.1 Å². The largest absolute Gasteiger partial charge is 0.461 e. The number of fused-ring (bicyclic) bond motifs is 1. The molecule has 0 aliphatic carbocycles. The number of hydrogen-bond acceptors (Lipinski definition) is 8. The van der Waals surface area contributed by atoms with E-state index in [9.17, 15) is 9.59 Å². The van der Waals surface area contributed by atoms with E-state index in [4.69, 9.17) is 20.9 Å². The van der Waals surface area contributed by atoms with Crippen molar-refractivity contribution in [2.75, 3.05) is 44.2 Å². The van der Waals surface area contributed by atoms with E-state index in [0.717, 1.165) is 43.4 Å². The Morgan fingerprint density at radius 3 is 2.72 bits per heavy atom. The van der Waals surface area contributed by atoms with Gasteiger partial charge in [0.15, 0.2) is 11.2 Å². The number of aromatic nitrogens is 3. The number of hydrogen-bond donors (Lipinski definition) is 0. The highest BCUT2D eigenvalue weighted by atomic mass is 35.5. The molecule has 10 heteroatoms. The third kappa shape index (κ3) is 4.63. The van der Waals surface area contributed by atoms with Crippen LogP contribution < -0.4 is 10.5 Å². The lowest BCUT2D eigenvalue weighted by Gasteiger charge is -2.36. The van der Waals surface area contributed by atoms with Crippen molar-refractivity contribution in [3.63, 3.8) is 0 Å². The second-order valence-electron chi connectivity index (χ2n) is 7.72. The summed E-state index contributed by atoms with van der Waals surface area (Å²) in [7, 11) is 0. The number of anilines is 1. The van der Waals surface area contributed by atoms with Gasteiger partial charge < -0.3 is 14.2 Å². The molecule has 32 heavy (non-hydrogen) atoms. The molecule has 1 aliphatic rings. The van der Waals surface area contributed by atoms with Crippen LogP contribution in [-0.4, -0.2) is 65.1 Å². The van der Waals surface area contributed by atoms with Crippen molar-refractivity contribution in [3.8, 4) is 0 Å². The molecule has 0 amide bonds. The van der Waals surface area contributed by atoms with Crippen LogP contribution in [0, 0.1) is 6.92 Å². The Balaban J connectivity index is 1.39. The topological polar surface area (TPSA) is 93.7 Å². The molecule has 2 aromatic heterocycles. The summed E-state index contributed by atoms with van der Waals surface area (Å²) >= 11 is 6.11. The fourth-order valence-corrected chi connectivity index (χ4v) is 4.16. The lowest BCUT2D eigenvalue weighted by molar-refractivity contribution is 0.0518. The van der Waals surface area contributed by atoms with Crippen molar-refractivity contribution >= 4 is 34.2 Å². The first kappa shape index (κ1) is 22.3. The molecule has 0 spiro atoms. The molecular weight excluding hydrogens is 434 g/mol. The maximum absolute atomic E-state index is 12.8. The SMILES string of the molecule is CCOC(=O)c1nn(CCCN2CCN(c3cccc(Cl)c3)CC2)c(=O)c2noc(C)c12. The van der Waals surface area contributed by atoms with E-state index < -0.39 is 5.97 Å². The molecule has 0 unspecified atom stereocenters. The first-order valence-electron chi connectivity index (χ1n) is 10.7. The van der Waals surface area contributed by atoms with Crippen molar-refractivity contribution in [1.29, 1.82) is 0 Å². The molecule has 3 aromatic rings. The van der Waals surface area contributed by atoms with E-state index >= 15 is 0 Å². The number of carbonyl (C=O) groups is 1. The van der Waals surface area contributed by atoms with Crippen LogP contribution in [0.25, 0.3) is 10.9 Å². The zero-order valence-corrected chi connectivity index (χ0v) is 19.0. The molecule has 1 aromatic carbocycles. The molecule has 3 heterocycles. The molecule has 1 fully saturated rings. The number of halogens is 1. The van der Waals surface area contributed by atoms with E-state index in [1.165, 1.54) is 4.68 Å². The summed E-state index contributed by atoms with van der Waals surface area (Å²) in [5.74, 6) is -0.216. The van der Waals surface area contributed by atoms with Crippen molar-refractivity contribution in [2.45, 2.75) is 26.8 Å². The average molecular weight is 460 g/mol. The Labute approximate surface area is 190 Å². The highest BCUT2D eigenvalue weighted by molar-refractivity contribution is 6.30. The van der Waals surface area contributed by atoms with Gasteiger partial charge in [-0.15, -0.1) is 0 Å². The third-order valence-corrected chi connectivity index (χ3v) is 5.85. The standard InChI is InChI=1S/C22H26ClN5O4/c1-3-31-22(30)20-18-15(2)32-25-19(18)21(29)28(24-20)9-5-8-26-10-12-27(13-11-26)17-7-4-6-16(23)14-17/h4,6-7,14H,3,5,8-13H2,1-2H3. The monoisotopic (exact) mass is 459 g/mol. The Bertz CT molecular complexity index is 1170. The summed E-state index contributed by atoms with van der Waals surface area (Å²) in [6, 6.07) is 7.90. The molecule has 9 nitrogen and oxygen atoms in total. The van der Waals surface area contributed by atoms with Crippen LogP contribution in [0.3, 0.4) is 0 Å². The fraction of sp³-hybridized carbons (Fsp3) is 0.455. The number of piperazine rings is 1. The molecular formula is C22H26ClN5O4. The second kappa shape index (κ2) is 9.70. The number of aryl methyl sites for hydroxylation is 2. The minimum absolute atomic E-state index is 0.0651. The van der Waals surface area contributed by atoms with Crippen molar-refractivity contribution in [1.82, 2.24) is 19.8 Å². The molecule has 1 aliphatic heterocycles. The van der Waals surface area contributed by atoms with E-state index in [-0.39, 0.29) is 23.4 Å². The lowest BCUT2D eigenvalue weighted by Crippen LogP contribution is -2.46. The van der Waals surface area contributed by atoms with Crippen molar-refractivity contribution in [2.24, 2.45) is 0 Å². The second-order valence-corrected chi connectivity index (χ2v) is 8.16. The van der Waals surface area contributed by atoms with Gasteiger partial charge in [-0.1, -0.05) is 22.8 Å². The van der Waals surface area contributed by atoms with Gasteiger partial charge >= 0.3 is 5.97 Å². The van der Waals surface area contributed by atoms with Crippen LogP contribution in [-0.2, 0) is 11.3 Å². The number of ether oxygens (including phenoxy) is 1. The van der Waals surface area contributed by atoms with Gasteiger partial charge in [-0.05, 0) is 38.5 Å². The first-order valence-corrected chi connectivity index (χ1v) is 11.1. The zero-order chi connectivity index (χ0) is 22.7. The van der Waals surface area contributed by atoms with Crippen LogP contribution in [0.5, 0.6) is 0 Å². The Hall–Kier alpha value is -2.91. The predicted octanol–water partition coefficient (Wildman–Crippen LogP) is 2.74. The normalized spacial score (nSPS) is 14.8. The maximum Gasteiger partial charge on any atom is 0.359 e. The van der Waals surface area contributed by atoms with Crippen molar-refractivity contribution in [3.05, 3.63) is 51.1 Å². The van der Waals surface area contributed by atoms with E-state index in [2.05, 4.69) is 26.1 Å². The lowest BCUT2D eigenvalue weighted by atomic mass is 10.2. The van der Waals surface area contributed by atoms with Gasteiger partial charge in [0.2, 0.25) is 0 Å². The highest BCUT2D eigenvalue weighted by Gasteiger charge is 2.23. The highest BCUT2D eigenvalue weighted by Crippen LogP contribution is 2.21. The van der Waals surface area contributed by atoms with Crippen LogP contribution in [0.1, 0.15) is 29.6 Å². The van der Waals surface area contributed by atoms with Gasteiger partial charge in [0, 0.05) is 50.0 Å². The zero-order valence-electron chi connectivity index (χ0n) is 18.2. The number of rotatable bonds is 7. The van der Waals surface area contributed by atoms with E-state index in [1.807, 2.05) is 18.2 Å². The summed E-state index contributed by atoms with van der Waals surface area (Å²) in [6.45, 7) is 8.45. The van der Waals surface area contributed by atoms with Gasteiger partial charge in [-0.2, -0.15) is 5.10 Å². The Morgan fingerprint density at radius 2 is 2.00 bits per heavy atom. The quantitative estimate of drug-likeness (QED) is 0.498. The third-order valence-electron chi connectivity index (χ3n) is 5.62. The first-order chi connectivity index (χ1) is 15.5. The molecule has 0 bridgehead atoms. The summed E-state index contributed by atoms with van der Waals surface area (Å²) in [6.07, 6.45) is 0.717. The molecule has 1 saturated heterocycles. The van der Waals surface area contributed by atoms with Gasteiger partial charge in [0.05, 0.1) is 12.0 Å². The minimum Gasteiger partial charge on any atom is -0.461 e. The van der Waals surface area contributed by atoms with Crippen LogP contribution in [0.4, 0.5) is 5.69 Å². The molecule has 170 valence electrons. The average Bonchev–Trinajstić information content (AvgIpc) is 3.18. The smallest absolute Gasteiger partial charge is 0.359 e. The number of benzene rings is 1. The summed E-state index contributed by atoms with van der Waals surface area (Å²) in [5, 5.41) is 9.19. The predicted molar refractivity (Wildman–Crippen MR) is 121 cm³/mol. The van der Waals surface area contributed by atoms with Gasteiger partial charge in [0.1, 0.15) is 5.76 Å². The molecule has 4 rings (SSSR count). The Morgan fingerprint density at radius 1 is 1.22 bits per heavy atom. The number of carbonyl (C=O) groups excluding carboxylic acids is 1. The van der Waals surface area contributed by atoms with Gasteiger partial charge in [-0.3, -0.25) is 9.69 Å². The van der Waals surface area contributed by atoms with Crippen LogP contribution in [0.15, 0.2) is 33.6 Å². The summed E-state index contributed by atoms with van der Waals surface area (Å²) in [5.41, 5.74) is 0.942. The maximum atomic E-state index is 12.8. The molecule has 0 N–H and O–H groups in total. The summed E-state index contributed by atoms with van der Waals surface area (Å²) < 4.78 is 11.5. The van der Waals surface area contributed by atoms with Gasteiger partial charge in [-0.25, -0.2) is 9.48 Å². The molecule has 0 radical (unpaired) electrons. The molecule has 0 saturated carbocycles. The Kier molecular flexibility index (Phi) is 6.76. The van der Waals surface area contributed by atoms with Gasteiger partial charge in [0.25, 0.3) is 5.56 Å². The van der Waals surface area contributed by atoms with Crippen molar-refractivity contribution < 1.29 is 14.1 Å². The molecule has 0 atom stereocenters.